The van der Waals surface area contributed by atoms with Crippen LogP contribution in [0.1, 0.15) is 42.6 Å². The maximum atomic E-state index is 12.1. The summed E-state index contributed by atoms with van der Waals surface area (Å²) < 4.78 is 19.5. The zero-order valence-corrected chi connectivity index (χ0v) is 52.7. The molecule has 3 aromatic heterocycles. The summed E-state index contributed by atoms with van der Waals surface area (Å²) in [5, 5.41) is 49.4. The van der Waals surface area contributed by atoms with E-state index in [1.54, 1.807) is 23.6 Å². The Kier molecular flexibility index (Phi) is 24.2. The number of carbonyl (C=O) groups excluding carboxylic acids is 1. The molecule has 3 saturated heterocycles. The predicted octanol–water partition coefficient (Wildman–Crippen LogP) is 7.90. The molecule has 23 nitrogen and oxygen atoms in total. The number of carboxylic acid groups (broad SMARTS) is 2. The van der Waals surface area contributed by atoms with Gasteiger partial charge in [0.05, 0.1) is 34.4 Å². The summed E-state index contributed by atoms with van der Waals surface area (Å²) in [6.07, 6.45) is 0. The number of rotatable bonds is 17. The minimum absolute atomic E-state index is 0.0401. The van der Waals surface area contributed by atoms with Crippen molar-refractivity contribution < 1.29 is 38.8 Å². The first-order chi connectivity index (χ1) is 41.7. The highest BCUT2D eigenvalue weighted by atomic mass is 79.9. The number of esters is 1. The Balaban J connectivity index is 0.000000160. The number of anilines is 2. The first kappa shape index (κ1) is 64.5. The van der Waals surface area contributed by atoms with Gasteiger partial charge in [0.15, 0.2) is 5.03 Å². The Labute approximate surface area is 520 Å². The SMILES string of the molecule is CN1CCN(c2ccc(Sc3n[nH]nc3C(=O)O)cc2)CC1.CN1CCNCC1.COC(=O)c1nnn(Cc2ccc(OC)cc2)c1Sc1ccc(Br)cc1.COc1ccc(Cn2nnc(C(=O)O)c2Sc2ccc(N3CCN(C)CC3)cc2)cc1. The lowest BCUT2D eigenvalue weighted by Crippen LogP contribution is -2.44. The highest BCUT2D eigenvalue weighted by Gasteiger charge is 2.24. The minimum Gasteiger partial charge on any atom is -0.497 e. The van der Waals surface area contributed by atoms with Gasteiger partial charge in [-0.25, -0.2) is 23.7 Å². The van der Waals surface area contributed by atoms with Crippen LogP contribution in [0.25, 0.3) is 0 Å². The van der Waals surface area contributed by atoms with Crippen LogP contribution in [0.15, 0.2) is 156 Å². The highest BCUT2D eigenvalue weighted by Crippen LogP contribution is 2.34. The number of likely N-dealkylation sites (N-methyl/N-ethyl adjacent to an activating group) is 3. The number of methoxy groups -OCH3 is 3. The Bertz CT molecular complexity index is 3410. The molecule has 11 rings (SSSR count). The van der Waals surface area contributed by atoms with Crippen molar-refractivity contribution in [2.24, 2.45) is 0 Å². The predicted molar refractivity (Wildman–Crippen MR) is 335 cm³/mol. The standard InChI is InChI=1S/C22H25N5O3S.C18H16BrN3O3S.C14H17N5O2S.C5H12N2/c1-25-11-13-26(14-12-25)17-5-9-19(10-6-17)31-21-20(22(28)29)23-24-27(21)15-16-3-7-18(30-2)8-4-16;1-24-14-7-3-12(4-8-14)11-22-17(16(20-21-22)18(23)25-2)26-15-9-5-13(19)6-10-15;1-18-6-8-19(9-7-18)10-2-4-11(5-3-10)22-13-12(14(20)21)15-17-16-13;1-7-4-2-6-3-5-7/h3-10H,11-15H2,1-2H3,(H,28,29);3-10H,11H2,1-2H3;2-5H,6-9H2,1H3,(H,20,21)(H,15,16,17);6H,2-5H2,1H3. The van der Waals surface area contributed by atoms with Crippen molar-refractivity contribution in [3.8, 4) is 11.5 Å². The Morgan fingerprint density at radius 3 is 1.33 bits per heavy atom. The normalized spacial score (nSPS) is 14.6. The molecule has 3 fully saturated rings. The second-order valence-electron chi connectivity index (χ2n) is 20.0. The molecular formula is C59H70BrN15O8S3. The van der Waals surface area contributed by atoms with Crippen LogP contribution < -0.4 is 24.6 Å². The summed E-state index contributed by atoms with van der Waals surface area (Å²) in [5.74, 6) is -1.12. The van der Waals surface area contributed by atoms with E-state index in [0.717, 1.165) is 107 Å². The number of carboxylic acids is 2. The number of piperazine rings is 3. The number of ether oxygens (including phenoxy) is 3. The number of nitrogens with one attached hydrogen (secondary N) is 2. The van der Waals surface area contributed by atoms with Gasteiger partial charge in [0, 0.05) is 109 Å². The van der Waals surface area contributed by atoms with E-state index in [2.05, 4.69) is 127 Å². The summed E-state index contributed by atoms with van der Waals surface area (Å²) in [4.78, 5) is 49.3. The molecule has 0 atom stereocenters. The van der Waals surface area contributed by atoms with E-state index in [0.29, 0.717) is 28.2 Å². The van der Waals surface area contributed by atoms with Crippen LogP contribution in [0.3, 0.4) is 0 Å². The molecule has 4 N–H and O–H groups in total. The molecule has 0 bridgehead atoms. The minimum atomic E-state index is -1.09. The average Bonchev–Trinajstić information content (AvgIpc) is 3.56. The first-order valence-electron chi connectivity index (χ1n) is 27.5. The molecule has 3 aliphatic heterocycles. The van der Waals surface area contributed by atoms with Gasteiger partial charge in [-0.1, -0.05) is 85.9 Å². The quantitative estimate of drug-likeness (QED) is 0.0632. The number of aromatic amines is 1. The largest absolute Gasteiger partial charge is 0.497 e. The van der Waals surface area contributed by atoms with E-state index in [4.69, 9.17) is 19.3 Å². The molecular weight excluding hydrogens is 1220 g/mol. The van der Waals surface area contributed by atoms with E-state index in [1.807, 2.05) is 97.1 Å². The second kappa shape index (κ2) is 32.3. The summed E-state index contributed by atoms with van der Waals surface area (Å²) in [6, 6.07) is 39.4. The van der Waals surface area contributed by atoms with E-state index in [-0.39, 0.29) is 17.1 Å². The molecule has 86 heavy (non-hydrogen) atoms. The molecule has 0 spiro atoms. The fourth-order valence-electron chi connectivity index (χ4n) is 8.81. The van der Waals surface area contributed by atoms with E-state index >= 15 is 0 Å². The van der Waals surface area contributed by atoms with Gasteiger partial charge in [-0.15, -0.1) is 20.4 Å². The average molecular weight is 1290 g/mol. The van der Waals surface area contributed by atoms with Gasteiger partial charge in [-0.3, -0.25) is 0 Å². The van der Waals surface area contributed by atoms with Crippen molar-refractivity contribution in [2.75, 3.05) is 131 Å². The number of carbonyl (C=O) groups is 3. The van der Waals surface area contributed by atoms with Crippen LogP contribution in [-0.4, -0.2) is 209 Å². The van der Waals surface area contributed by atoms with E-state index in [9.17, 15) is 19.5 Å². The fraction of sp³-hybridized carbons (Fsp3) is 0.339. The molecule has 8 aromatic rings. The van der Waals surface area contributed by atoms with Gasteiger partial charge in [0.2, 0.25) is 17.1 Å². The number of aromatic nitrogens is 9. The molecule has 0 radical (unpaired) electrons. The molecule has 0 aliphatic carbocycles. The van der Waals surface area contributed by atoms with Gasteiger partial charge in [0.1, 0.15) is 21.6 Å². The van der Waals surface area contributed by atoms with Crippen LogP contribution in [-0.2, 0) is 17.8 Å². The topological polar surface area (TPSA) is 251 Å². The lowest BCUT2D eigenvalue weighted by Gasteiger charge is -2.34. The summed E-state index contributed by atoms with van der Waals surface area (Å²) in [6.45, 7) is 13.9. The third-order valence-corrected chi connectivity index (χ3v) is 17.6. The number of halogens is 1. The molecule has 0 unspecified atom stereocenters. The van der Waals surface area contributed by atoms with Crippen LogP contribution >= 0.6 is 51.2 Å². The third-order valence-electron chi connectivity index (χ3n) is 13.9. The number of hydrogen-bond acceptors (Lipinski definition) is 21. The molecule has 0 saturated carbocycles. The smallest absolute Gasteiger partial charge is 0.361 e. The van der Waals surface area contributed by atoms with Gasteiger partial charge in [-0.2, -0.15) is 5.21 Å². The number of nitrogens with zero attached hydrogens (tertiary/aromatic N) is 13. The second-order valence-corrected chi connectivity index (χ2v) is 24.1. The van der Waals surface area contributed by atoms with Gasteiger partial charge in [-0.05, 0) is 129 Å². The lowest BCUT2D eigenvalue weighted by molar-refractivity contribution is 0.0587. The lowest BCUT2D eigenvalue weighted by atomic mass is 10.2. The molecule has 3 aliphatic rings. The summed E-state index contributed by atoms with van der Waals surface area (Å²) in [7, 11) is 11.0. The van der Waals surface area contributed by atoms with Crippen LogP contribution in [0.5, 0.6) is 11.5 Å². The number of H-pyrrole nitrogens is 1. The van der Waals surface area contributed by atoms with Crippen molar-refractivity contribution in [2.45, 2.75) is 42.9 Å². The first-order valence-corrected chi connectivity index (χ1v) is 30.7. The number of benzene rings is 5. The molecule has 0 amide bonds. The Morgan fingerprint density at radius 1 is 0.512 bits per heavy atom. The van der Waals surface area contributed by atoms with Crippen LogP contribution in [0.4, 0.5) is 11.4 Å². The van der Waals surface area contributed by atoms with Crippen molar-refractivity contribution in [1.29, 1.82) is 0 Å². The number of hydrogen-bond donors (Lipinski definition) is 4. The van der Waals surface area contributed by atoms with Crippen molar-refractivity contribution in [3.05, 3.63) is 154 Å². The summed E-state index contributed by atoms with van der Waals surface area (Å²) >= 11 is 7.49. The highest BCUT2D eigenvalue weighted by molar-refractivity contribution is 9.10. The van der Waals surface area contributed by atoms with Crippen molar-refractivity contribution in [1.82, 2.24) is 65.4 Å². The Morgan fingerprint density at radius 2 is 0.919 bits per heavy atom. The van der Waals surface area contributed by atoms with E-state index < -0.39 is 17.9 Å². The molecule has 454 valence electrons. The maximum Gasteiger partial charge on any atom is 0.361 e. The van der Waals surface area contributed by atoms with Gasteiger partial charge in [0.25, 0.3) is 0 Å². The fourth-order valence-corrected chi connectivity index (χ4v) is 11.7. The molecule has 5 aromatic carbocycles. The van der Waals surface area contributed by atoms with Crippen LogP contribution in [0.2, 0.25) is 0 Å². The van der Waals surface area contributed by atoms with Gasteiger partial charge >= 0.3 is 17.9 Å². The zero-order valence-electron chi connectivity index (χ0n) is 48.7. The van der Waals surface area contributed by atoms with Crippen molar-refractivity contribution in [3.63, 3.8) is 0 Å². The number of aromatic carboxylic acids is 2. The zero-order chi connectivity index (χ0) is 61.0. The van der Waals surface area contributed by atoms with E-state index in [1.165, 1.54) is 66.9 Å². The van der Waals surface area contributed by atoms with Crippen molar-refractivity contribution >= 4 is 80.5 Å². The third kappa shape index (κ3) is 18.8. The van der Waals surface area contributed by atoms with Crippen LogP contribution in [0, 0.1) is 0 Å². The monoisotopic (exact) mass is 1290 g/mol. The van der Waals surface area contributed by atoms with Gasteiger partial charge < -0.3 is 54.2 Å². The molecule has 6 heterocycles. The maximum absolute atomic E-state index is 12.1. The molecule has 27 heteroatoms. The summed E-state index contributed by atoms with van der Waals surface area (Å²) in [5.41, 5.74) is 4.49. The Hall–Kier alpha value is -7.50.